The van der Waals surface area contributed by atoms with Crippen molar-refractivity contribution in [3.05, 3.63) is 0 Å². The van der Waals surface area contributed by atoms with E-state index in [0.717, 1.165) is 18.4 Å². The van der Waals surface area contributed by atoms with Crippen molar-refractivity contribution in [1.82, 2.24) is 10.2 Å². The van der Waals surface area contributed by atoms with Gasteiger partial charge >= 0.3 is 0 Å². The molecule has 110 valence electrons. The Morgan fingerprint density at radius 1 is 0.889 bits per heavy atom. The predicted octanol–water partition coefficient (Wildman–Crippen LogP) is 3.77. The third kappa shape index (κ3) is 8.93. The molecule has 0 aromatic carbocycles. The Bertz CT molecular complexity index is 180. The quantitative estimate of drug-likeness (QED) is 0.640. The molecule has 0 aliphatic rings. The molecule has 0 amide bonds. The average Bonchev–Trinajstić information content (AvgIpc) is 2.24. The van der Waals surface area contributed by atoms with Crippen LogP contribution in [-0.2, 0) is 0 Å². The van der Waals surface area contributed by atoms with Crippen molar-refractivity contribution in [2.45, 2.75) is 73.4 Å². The van der Waals surface area contributed by atoms with E-state index < -0.39 is 0 Å². The first kappa shape index (κ1) is 17.9. The van der Waals surface area contributed by atoms with Gasteiger partial charge in [0.05, 0.1) is 0 Å². The Hall–Kier alpha value is -0.0800. The van der Waals surface area contributed by atoms with Crippen LogP contribution >= 0.6 is 0 Å². The molecular weight excluding hydrogens is 220 g/mol. The van der Waals surface area contributed by atoms with Gasteiger partial charge in [0.15, 0.2) is 0 Å². The SMILES string of the molecule is CCCNC(C)CC(C)N(CC(C)C)CC(C)C. The molecule has 1 N–H and O–H groups in total. The molecular formula is C16H36N2. The zero-order valence-corrected chi connectivity index (χ0v) is 13.8. The normalized spacial score (nSPS) is 15.7. The molecule has 0 saturated heterocycles. The average molecular weight is 256 g/mol. The van der Waals surface area contributed by atoms with E-state index in [0.29, 0.717) is 12.1 Å². The summed E-state index contributed by atoms with van der Waals surface area (Å²) in [5, 5.41) is 3.60. The van der Waals surface area contributed by atoms with Crippen LogP contribution in [0.25, 0.3) is 0 Å². The lowest BCUT2D eigenvalue weighted by molar-refractivity contribution is 0.151. The topological polar surface area (TPSA) is 15.3 Å². The monoisotopic (exact) mass is 256 g/mol. The van der Waals surface area contributed by atoms with Crippen LogP contribution in [-0.4, -0.2) is 36.6 Å². The summed E-state index contributed by atoms with van der Waals surface area (Å²) in [5.41, 5.74) is 0. The number of rotatable bonds is 10. The van der Waals surface area contributed by atoms with Crippen molar-refractivity contribution < 1.29 is 0 Å². The highest BCUT2D eigenvalue weighted by Gasteiger charge is 2.18. The largest absolute Gasteiger partial charge is 0.314 e. The maximum Gasteiger partial charge on any atom is 0.00818 e. The highest BCUT2D eigenvalue weighted by Crippen LogP contribution is 2.12. The zero-order chi connectivity index (χ0) is 14.1. The fourth-order valence-corrected chi connectivity index (χ4v) is 2.51. The van der Waals surface area contributed by atoms with Gasteiger partial charge < -0.3 is 10.2 Å². The van der Waals surface area contributed by atoms with E-state index in [1.54, 1.807) is 0 Å². The Morgan fingerprint density at radius 3 is 1.78 bits per heavy atom. The number of hydrogen-bond acceptors (Lipinski definition) is 2. The summed E-state index contributed by atoms with van der Waals surface area (Å²) in [7, 11) is 0. The van der Waals surface area contributed by atoms with Gasteiger partial charge in [0.1, 0.15) is 0 Å². The third-order valence-electron chi connectivity index (χ3n) is 3.26. The molecule has 2 atom stereocenters. The van der Waals surface area contributed by atoms with Gasteiger partial charge in [0.25, 0.3) is 0 Å². The van der Waals surface area contributed by atoms with E-state index in [4.69, 9.17) is 0 Å². The number of nitrogens with zero attached hydrogens (tertiary/aromatic N) is 1. The first-order chi connectivity index (χ1) is 8.36. The van der Waals surface area contributed by atoms with E-state index in [1.165, 1.54) is 25.9 Å². The molecule has 0 fully saturated rings. The van der Waals surface area contributed by atoms with Crippen LogP contribution in [0.4, 0.5) is 0 Å². The van der Waals surface area contributed by atoms with Gasteiger partial charge in [0.2, 0.25) is 0 Å². The van der Waals surface area contributed by atoms with Crippen molar-refractivity contribution in [3.8, 4) is 0 Å². The molecule has 0 radical (unpaired) electrons. The highest BCUT2D eigenvalue weighted by molar-refractivity contribution is 4.75. The Morgan fingerprint density at radius 2 is 1.39 bits per heavy atom. The minimum atomic E-state index is 0.627. The number of hydrogen-bond donors (Lipinski definition) is 1. The van der Waals surface area contributed by atoms with Crippen molar-refractivity contribution in [2.75, 3.05) is 19.6 Å². The van der Waals surface area contributed by atoms with E-state index in [9.17, 15) is 0 Å². The summed E-state index contributed by atoms with van der Waals surface area (Å²) in [6.07, 6.45) is 2.47. The summed E-state index contributed by atoms with van der Waals surface area (Å²) in [4.78, 5) is 2.67. The van der Waals surface area contributed by atoms with Crippen LogP contribution in [0.3, 0.4) is 0 Å². The van der Waals surface area contributed by atoms with Gasteiger partial charge in [-0.25, -0.2) is 0 Å². The molecule has 0 saturated carbocycles. The van der Waals surface area contributed by atoms with E-state index in [1.807, 2.05) is 0 Å². The molecule has 0 heterocycles. The fourth-order valence-electron chi connectivity index (χ4n) is 2.51. The first-order valence-electron chi connectivity index (χ1n) is 7.84. The van der Waals surface area contributed by atoms with Gasteiger partial charge in [-0.15, -0.1) is 0 Å². The molecule has 0 rings (SSSR count). The molecule has 0 aromatic heterocycles. The second-order valence-electron chi connectivity index (χ2n) is 6.68. The Kier molecular flexibility index (Phi) is 9.76. The van der Waals surface area contributed by atoms with Gasteiger partial charge in [-0.3, -0.25) is 0 Å². The molecule has 0 aromatic rings. The smallest absolute Gasteiger partial charge is 0.00818 e. The standard InChI is InChI=1S/C16H36N2/c1-8-9-17-15(6)10-16(7)18(11-13(2)3)12-14(4)5/h13-17H,8-12H2,1-7H3. The first-order valence-corrected chi connectivity index (χ1v) is 7.84. The minimum Gasteiger partial charge on any atom is -0.314 e. The lowest BCUT2D eigenvalue weighted by atomic mass is 10.0. The molecule has 0 spiro atoms. The van der Waals surface area contributed by atoms with Crippen LogP contribution in [0.5, 0.6) is 0 Å². The van der Waals surface area contributed by atoms with E-state index in [-0.39, 0.29) is 0 Å². The van der Waals surface area contributed by atoms with Crippen LogP contribution in [0.1, 0.15) is 61.3 Å². The van der Waals surface area contributed by atoms with E-state index in [2.05, 4.69) is 58.7 Å². The highest BCUT2D eigenvalue weighted by atomic mass is 15.2. The Labute approximate surface area is 116 Å². The predicted molar refractivity (Wildman–Crippen MR) is 83.1 cm³/mol. The van der Waals surface area contributed by atoms with Crippen LogP contribution in [0, 0.1) is 11.8 Å². The molecule has 2 heteroatoms. The van der Waals surface area contributed by atoms with Gasteiger partial charge in [-0.05, 0) is 45.1 Å². The van der Waals surface area contributed by atoms with Crippen molar-refractivity contribution >= 4 is 0 Å². The molecule has 2 unspecified atom stereocenters. The maximum atomic E-state index is 3.60. The minimum absolute atomic E-state index is 0.627. The van der Waals surface area contributed by atoms with Gasteiger partial charge in [-0.1, -0.05) is 34.6 Å². The van der Waals surface area contributed by atoms with Crippen LogP contribution < -0.4 is 5.32 Å². The summed E-state index contributed by atoms with van der Waals surface area (Å²) in [6, 6.07) is 1.30. The lowest BCUT2D eigenvalue weighted by Crippen LogP contribution is -2.42. The van der Waals surface area contributed by atoms with Crippen molar-refractivity contribution in [1.29, 1.82) is 0 Å². The fraction of sp³-hybridized carbons (Fsp3) is 1.00. The summed E-state index contributed by atoms with van der Waals surface area (Å²) >= 11 is 0. The molecule has 18 heavy (non-hydrogen) atoms. The second-order valence-corrected chi connectivity index (χ2v) is 6.68. The zero-order valence-electron chi connectivity index (χ0n) is 13.8. The molecule has 0 bridgehead atoms. The lowest BCUT2D eigenvalue weighted by Gasteiger charge is -2.33. The summed E-state index contributed by atoms with van der Waals surface area (Å²) in [5.74, 6) is 1.51. The van der Waals surface area contributed by atoms with Crippen molar-refractivity contribution in [3.63, 3.8) is 0 Å². The van der Waals surface area contributed by atoms with Crippen molar-refractivity contribution in [2.24, 2.45) is 11.8 Å². The molecule has 0 aliphatic carbocycles. The van der Waals surface area contributed by atoms with E-state index >= 15 is 0 Å². The van der Waals surface area contributed by atoms with Gasteiger partial charge in [-0.2, -0.15) is 0 Å². The second kappa shape index (κ2) is 9.80. The summed E-state index contributed by atoms with van der Waals surface area (Å²) < 4.78 is 0. The summed E-state index contributed by atoms with van der Waals surface area (Å²) in [6.45, 7) is 19.8. The van der Waals surface area contributed by atoms with Crippen LogP contribution in [0.15, 0.2) is 0 Å². The Balaban J connectivity index is 4.22. The molecule has 2 nitrogen and oxygen atoms in total. The number of nitrogens with one attached hydrogen (secondary N) is 1. The van der Waals surface area contributed by atoms with Crippen LogP contribution in [0.2, 0.25) is 0 Å². The third-order valence-corrected chi connectivity index (χ3v) is 3.26. The van der Waals surface area contributed by atoms with Gasteiger partial charge in [0, 0.05) is 25.2 Å². The molecule has 0 aliphatic heterocycles. The maximum absolute atomic E-state index is 3.60.